The Morgan fingerprint density at radius 1 is 1.41 bits per heavy atom. The molecule has 0 radical (unpaired) electrons. The number of carbonyl (C=O) groups excluding carboxylic acids is 1. The summed E-state index contributed by atoms with van der Waals surface area (Å²) < 4.78 is 9.60. The predicted octanol–water partition coefficient (Wildman–Crippen LogP) is 4.80. The van der Waals surface area contributed by atoms with Gasteiger partial charge in [0.25, 0.3) is 0 Å². The van der Waals surface area contributed by atoms with E-state index in [2.05, 4.69) is 40.7 Å². The first-order chi connectivity index (χ1) is 10.7. The molecule has 0 bridgehead atoms. The first-order valence-corrected chi connectivity index (χ1v) is 7.77. The van der Waals surface area contributed by atoms with Gasteiger partial charge < -0.3 is 9.47 Å². The molecule has 0 heterocycles. The fraction of sp³-hybridized carbons (Fsp3) is 0.278. The van der Waals surface area contributed by atoms with Gasteiger partial charge in [0, 0.05) is 4.90 Å². The summed E-state index contributed by atoms with van der Waals surface area (Å²) in [5.74, 6) is 5.55. The molecule has 0 aliphatic rings. The maximum atomic E-state index is 11.2. The number of benzene rings is 1. The normalized spacial score (nSPS) is 11.8. The van der Waals surface area contributed by atoms with Crippen LogP contribution >= 0.6 is 11.8 Å². The molecule has 0 amide bonds. The van der Waals surface area contributed by atoms with Gasteiger partial charge in [-0.05, 0) is 43.4 Å². The molecule has 1 aromatic rings. The lowest BCUT2D eigenvalue weighted by Crippen LogP contribution is -2.16. The van der Waals surface area contributed by atoms with E-state index in [9.17, 15) is 4.79 Å². The minimum atomic E-state index is -0.719. The molecule has 0 saturated heterocycles. The quantitative estimate of drug-likeness (QED) is 0.429. The molecule has 1 aromatic carbocycles. The van der Waals surface area contributed by atoms with Crippen molar-refractivity contribution >= 4 is 17.9 Å². The number of hydrogen-bond donors (Lipinski definition) is 0. The Morgan fingerprint density at radius 2 is 2.14 bits per heavy atom. The Labute approximate surface area is 136 Å². The topological polar surface area (TPSA) is 35.5 Å². The van der Waals surface area contributed by atoms with Gasteiger partial charge in [-0.1, -0.05) is 54.0 Å². The van der Waals surface area contributed by atoms with Gasteiger partial charge in [0.05, 0.1) is 7.11 Å². The Morgan fingerprint density at radius 3 is 2.77 bits per heavy atom. The van der Waals surface area contributed by atoms with Gasteiger partial charge in [0.1, 0.15) is 0 Å². The molecule has 0 N–H and O–H groups in total. The summed E-state index contributed by atoms with van der Waals surface area (Å²) in [6, 6.07) is 10.1. The highest BCUT2D eigenvalue weighted by atomic mass is 32.2. The standard InChI is InChI=1S/C18H20O3S/c1-4-5-9-16(21-18(19)20-3)13-12-15(2)14-22-17-10-7-6-8-11-17/h4,6-8,10-11,14,16H,1,12-13H2,2-3H3/b15-14+. The highest BCUT2D eigenvalue weighted by Crippen LogP contribution is 2.22. The number of hydrogen-bond acceptors (Lipinski definition) is 4. The highest BCUT2D eigenvalue weighted by Gasteiger charge is 2.12. The fourth-order valence-corrected chi connectivity index (χ4v) is 2.33. The maximum Gasteiger partial charge on any atom is 0.509 e. The monoisotopic (exact) mass is 316 g/mol. The smallest absolute Gasteiger partial charge is 0.438 e. The zero-order valence-electron chi connectivity index (χ0n) is 12.9. The van der Waals surface area contributed by atoms with Gasteiger partial charge in [0.15, 0.2) is 6.10 Å². The molecule has 0 saturated carbocycles. The van der Waals surface area contributed by atoms with Crippen LogP contribution in [0.5, 0.6) is 0 Å². The average Bonchev–Trinajstić information content (AvgIpc) is 2.56. The third-order valence-corrected chi connectivity index (χ3v) is 3.76. The lowest BCUT2D eigenvalue weighted by atomic mass is 10.1. The van der Waals surface area contributed by atoms with E-state index < -0.39 is 12.3 Å². The number of methoxy groups -OCH3 is 1. The van der Waals surface area contributed by atoms with Crippen molar-refractivity contribution in [1.29, 1.82) is 0 Å². The summed E-state index contributed by atoms with van der Waals surface area (Å²) in [6.07, 6.45) is 1.67. The van der Waals surface area contributed by atoms with Crippen molar-refractivity contribution in [3.8, 4) is 11.8 Å². The fourth-order valence-electron chi connectivity index (χ4n) is 1.56. The lowest BCUT2D eigenvalue weighted by Gasteiger charge is -2.11. The van der Waals surface area contributed by atoms with Crippen molar-refractivity contribution in [2.75, 3.05) is 7.11 Å². The molecule has 3 nitrogen and oxygen atoms in total. The summed E-state index contributed by atoms with van der Waals surface area (Å²) in [7, 11) is 1.28. The third-order valence-electron chi connectivity index (χ3n) is 2.69. The number of carbonyl (C=O) groups is 1. The van der Waals surface area contributed by atoms with E-state index in [0.717, 1.165) is 6.42 Å². The second-order valence-electron chi connectivity index (χ2n) is 4.49. The second-order valence-corrected chi connectivity index (χ2v) is 5.43. The second kappa shape index (κ2) is 10.6. The van der Waals surface area contributed by atoms with Crippen LogP contribution in [0.3, 0.4) is 0 Å². The van der Waals surface area contributed by atoms with E-state index >= 15 is 0 Å². The highest BCUT2D eigenvalue weighted by molar-refractivity contribution is 8.02. The van der Waals surface area contributed by atoms with Crippen molar-refractivity contribution in [3.63, 3.8) is 0 Å². The number of ether oxygens (including phenoxy) is 2. The Kier molecular flexibility index (Phi) is 8.63. The van der Waals surface area contributed by atoms with Crippen molar-refractivity contribution in [2.45, 2.75) is 30.8 Å². The number of rotatable bonds is 6. The van der Waals surface area contributed by atoms with Crippen LogP contribution < -0.4 is 0 Å². The number of thioether (sulfide) groups is 1. The maximum absolute atomic E-state index is 11.2. The Bertz CT molecular complexity index is 567. The molecule has 0 fully saturated rings. The van der Waals surface area contributed by atoms with Gasteiger partial charge in [-0.25, -0.2) is 4.79 Å². The number of allylic oxidation sites excluding steroid dienone is 2. The van der Waals surface area contributed by atoms with Gasteiger partial charge in [-0.15, -0.1) is 0 Å². The van der Waals surface area contributed by atoms with Gasteiger partial charge >= 0.3 is 6.16 Å². The van der Waals surface area contributed by atoms with Gasteiger partial charge in [0.2, 0.25) is 0 Å². The lowest BCUT2D eigenvalue weighted by molar-refractivity contribution is 0.0530. The van der Waals surface area contributed by atoms with Crippen LogP contribution in [0.15, 0.2) is 58.9 Å². The molecule has 0 aromatic heterocycles. The summed E-state index contributed by atoms with van der Waals surface area (Å²) in [6.45, 7) is 5.58. The molecule has 22 heavy (non-hydrogen) atoms. The molecule has 0 spiro atoms. The molecule has 116 valence electrons. The first-order valence-electron chi connectivity index (χ1n) is 6.89. The van der Waals surface area contributed by atoms with Crippen LogP contribution in [0.1, 0.15) is 19.8 Å². The summed E-state index contributed by atoms with van der Waals surface area (Å²) in [5, 5.41) is 2.10. The summed E-state index contributed by atoms with van der Waals surface area (Å²) in [5.41, 5.74) is 1.20. The molecular formula is C18H20O3S. The molecule has 4 heteroatoms. The SMILES string of the molecule is C=CC#CC(CC/C(C)=C/Sc1ccccc1)OC(=O)OC. The summed E-state index contributed by atoms with van der Waals surface area (Å²) in [4.78, 5) is 12.4. The van der Waals surface area contributed by atoms with Gasteiger partial charge in [-0.2, -0.15) is 0 Å². The van der Waals surface area contributed by atoms with Gasteiger partial charge in [-0.3, -0.25) is 0 Å². The van der Waals surface area contributed by atoms with E-state index in [1.54, 1.807) is 11.8 Å². The van der Waals surface area contributed by atoms with Crippen molar-refractivity contribution < 1.29 is 14.3 Å². The van der Waals surface area contributed by atoms with Crippen LogP contribution in [0.25, 0.3) is 0 Å². The average molecular weight is 316 g/mol. The Balaban J connectivity index is 2.51. The van der Waals surface area contributed by atoms with Crippen LogP contribution in [0.2, 0.25) is 0 Å². The third kappa shape index (κ3) is 7.61. The largest absolute Gasteiger partial charge is 0.509 e. The first kappa shape index (κ1) is 17.9. The van der Waals surface area contributed by atoms with Crippen LogP contribution in [0, 0.1) is 11.8 Å². The van der Waals surface area contributed by atoms with Crippen LogP contribution in [0.4, 0.5) is 4.79 Å². The molecule has 0 aliphatic heterocycles. The van der Waals surface area contributed by atoms with Crippen LogP contribution in [-0.4, -0.2) is 19.4 Å². The predicted molar refractivity (Wildman–Crippen MR) is 90.5 cm³/mol. The molecule has 1 atom stereocenters. The van der Waals surface area contributed by atoms with Crippen LogP contribution in [-0.2, 0) is 9.47 Å². The van der Waals surface area contributed by atoms with E-state index in [1.165, 1.54) is 23.7 Å². The van der Waals surface area contributed by atoms with Crippen molar-refractivity contribution in [3.05, 3.63) is 54.0 Å². The molecule has 1 unspecified atom stereocenters. The zero-order valence-corrected chi connectivity index (χ0v) is 13.7. The Hall–Kier alpha value is -2.12. The molecule has 1 rings (SSSR count). The summed E-state index contributed by atoms with van der Waals surface area (Å²) >= 11 is 1.67. The van der Waals surface area contributed by atoms with Crippen molar-refractivity contribution in [1.82, 2.24) is 0 Å². The van der Waals surface area contributed by atoms with Crippen molar-refractivity contribution in [2.24, 2.45) is 0 Å². The minimum absolute atomic E-state index is 0.490. The van der Waals surface area contributed by atoms with E-state index in [4.69, 9.17) is 4.74 Å². The molecule has 0 aliphatic carbocycles. The zero-order chi connectivity index (χ0) is 16.2. The molecular weight excluding hydrogens is 296 g/mol. The van der Waals surface area contributed by atoms with E-state index in [-0.39, 0.29) is 0 Å². The van der Waals surface area contributed by atoms with E-state index in [1.807, 2.05) is 25.1 Å². The van der Waals surface area contributed by atoms with E-state index in [0.29, 0.717) is 6.42 Å². The minimum Gasteiger partial charge on any atom is -0.438 e.